The van der Waals surface area contributed by atoms with Crippen molar-refractivity contribution in [2.24, 2.45) is 0 Å². The van der Waals surface area contributed by atoms with Crippen molar-refractivity contribution in [1.29, 1.82) is 0 Å². The molecule has 2 rings (SSSR count). The predicted octanol–water partition coefficient (Wildman–Crippen LogP) is -0.961. The Morgan fingerprint density at radius 2 is 2.00 bits per heavy atom. The molecule has 1 nitrogen and oxygen atoms in total. The zero-order valence-corrected chi connectivity index (χ0v) is 8.41. The minimum atomic E-state index is 0. The summed E-state index contributed by atoms with van der Waals surface area (Å²) in [5.74, 6) is 0. The van der Waals surface area contributed by atoms with Gasteiger partial charge in [0.15, 0.2) is 0 Å². The summed E-state index contributed by atoms with van der Waals surface area (Å²) in [6.07, 6.45) is 1.78. The number of nitrogens with zero attached hydrogens (tertiary/aromatic N) is 1. The van der Waals surface area contributed by atoms with Crippen LogP contribution in [0.1, 0.15) is 0 Å². The van der Waals surface area contributed by atoms with Gasteiger partial charge in [-0.3, -0.25) is 4.98 Å². The number of pyridine rings is 1. The molecule has 0 saturated carbocycles. The summed E-state index contributed by atoms with van der Waals surface area (Å²) in [4.78, 5) is 4.13. The largest absolute Gasteiger partial charge is 1.00 e. The summed E-state index contributed by atoms with van der Waals surface area (Å²) in [6, 6.07) is 12.9. The molecule has 0 saturated heterocycles. The van der Waals surface area contributed by atoms with Crippen LogP contribution >= 0.6 is 0 Å². The zero-order chi connectivity index (χ0) is 6.81. The van der Waals surface area contributed by atoms with Crippen LogP contribution in [0, 0.1) is 6.07 Å². The van der Waals surface area contributed by atoms with Gasteiger partial charge in [0, 0.05) is 6.20 Å². The van der Waals surface area contributed by atoms with Crippen molar-refractivity contribution in [3.05, 3.63) is 42.6 Å². The smallest absolute Gasteiger partial charge is 0.283 e. The Balaban J connectivity index is 0.000000605. The van der Waals surface area contributed by atoms with E-state index in [0.717, 1.165) is 10.9 Å². The first-order chi connectivity index (χ1) is 4.97. The van der Waals surface area contributed by atoms with Gasteiger partial charge in [-0.25, -0.2) is 0 Å². The third-order valence-electron chi connectivity index (χ3n) is 1.43. The van der Waals surface area contributed by atoms with Crippen LogP contribution in [0.25, 0.3) is 10.9 Å². The topological polar surface area (TPSA) is 12.9 Å². The summed E-state index contributed by atoms with van der Waals surface area (Å²) in [5.41, 5.74) is 0.935. The molecule has 2 heteroatoms. The van der Waals surface area contributed by atoms with E-state index < -0.39 is 0 Å². The number of aromatic nitrogens is 1. The quantitative estimate of drug-likeness (QED) is 0.349. The molecule has 0 unspecified atom stereocenters. The molecule has 2 aromatic rings. The fourth-order valence-electron chi connectivity index (χ4n) is 0.952. The maximum absolute atomic E-state index is 4.13. The first kappa shape index (κ1) is 8.72. The van der Waals surface area contributed by atoms with Crippen molar-refractivity contribution in [3.8, 4) is 0 Å². The molecular weight excluding hydrogens is 145 g/mol. The number of benzene rings is 1. The molecule has 48 valence electrons. The molecular formula is C9H6NNa. The van der Waals surface area contributed by atoms with Gasteiger partial charge < -0.3 is 0 Å². The molecule has 0 radical (unpaired) electrons. The molecule has 0 N–H and O–H groups in total. The van der Waals surface area contributed by atoms with Crippen LogP contribution in [0.3, 0.4) is 0 Å². The molecule has 0 aliphatic heterocycles. The van der Waals surface area contributed by atoms with Crippen LogP contribution in [0.5, 0.6) is 0 Å². The van der Waals surface area contributed by atoms with E-state index in [0.29, 0.717) is 0 Å². The normalized spacial score (nSPS) is 9.09. The van der Waals surface area contributed by atoms with Gasteiger partial charge >= 0.3 is 29.6 Å². The van der Waals surface area contributed by atoms with E-state index in [2.05, 4.69) is 11.1 Å². The Morgan fingerprint density at radius 1 is 1.18 bits per heavy atom. The fraction of sp³-hybridized carbons (Fsp3) is 0. The van der Waals surface area contributed by atoms with Crippen LogP contribution in [-0.2, 0) is 0 Å². The Hall–Kier alpha value is -0.370. The van der Waals surface area contributed by atoms with Gasteiger partial charge in [0.1, 0.15) is 0 Å². The van der Waals surface area contributed by atoms with E-state index in [1.807, 2.05) is 30.3 Å². The van der Waals surface area contributed by atoms with Crippen molar-refractivity contribution in [2.75, 3.05) is 0 Å². The number of hydrogen-bond donors (Lipinski definition) is 0. The van der Waals surface area contributed by atoms with Crippen LogP contribution < -0.4 is 29.6 Å². The second-order valence-corrected chi connectivity index (χ2v) is 2.11. The number of para-hydroxylation sites is 1. The molecule has 11 heavy (non-hydrogen) atoms. The number of rotatable bonds is 0. The second-order valence-electron chi connectivity index (χ2n) is 2.11. The van der Waals surface area contributed by atoms with Crippen LogP contribution in [0.15, 0.2) is 36.5 Å². The zero-order valence-electron chi connectivity index (χ0n) is 6.41. The molecule has 1 heterocycles. The van der Waals surface area contributed by atoms with Gasteiger partial charge in [0.2, 0.25) is 0 Å². The molecule has 0 spiro atoms. The van der Waals surface area contributed by atoms with Crippen molar-refractivity contribution in [1.82, 2.24) is 4.98 Å². The van der Waals surface area contributed by atoms with Gasteiger partial charge in [-0.2, -0.15) is 24.3 Å². The molecule has 0 fully saturated rings. The summed E-state index contributed by atoms with van der Waals surface area (Å²) >= 11 is 0. The van der Waals surface area contributed by atoms with E-state index in [1.165, 1.54) is 0 Å². The summed E-state index contributed by atoms with van der Waals surface area (Å²) in [7, 11) is 0. The van der Waals surface area contributed by atoms with Gasteiger partial charge in [-0.15, -0.1) is 11.5 Å². The van der Waals surface area contributed by atoms with Crippen LogP contribution in [-0.4, -0.2) is 4.98 Å². The molecule has 0 amide bonds. The SMILES string of the molecule is [Na+].[c-]1cccc2cccnc12. The Labute approximate surface area is 87.7 Å². The Morgan fingerprint density at radius 3 is 2.82 bits per heavy atom. The van der Waals surface area contributed by atoms with E-state index in [9.17, 15) is 0 Å². The van der Waals surface area contributed by atoms with E-state index in [1.54, 1.807) is 6.20 Å². The molecule has 0 aliphatic carbocycles. The fourth-order valence-corrected chi connectivity index (χ4v) is 0.952. The second kappa shape index (κ2) is 3.86. The third-order valence-corrected chi connectivity index (χ3v) is 1.43. The summed E-state index contributed by atoms with van der Waals surface area (Å²) in [5, 5.41) is 1.14. The monoisotopic (exact) mass is 151 g/mol. The third kappa shape index (κ3) is 1.80. The average molecular weight is 151 g/mol. The van der Waals surface area contributed by atoms with Crippen molar-refractivity contribution in [2.45, 2.75) is 0 Å². The predicted molar refractivity (Wildman–Crippen MR) is 40.6 cm³/mol. The summed E-state index contributed by atoms with van der Waals surface area (Å²) in [6.45, 7) is 0. The van der Waals surface area contributed by atoms with Crippen molar-refractivity contribution in [3.63, 3.8) is 0 Å². The first-order valence-electron chi connectivity index (χ1n) is 3.18. The molecule has 1 aromatic carbocycles. The summed E-state index contributed by atoms with van der Waals surface area (Å²) < 4.78 is 0. The first-order valence-corrected chi connectivity index (χ1v) is 3.18. The van der Waals surface area contributed by atoms with E-state index in [-0.39, 0.29) is 29.6 Å². The molecule has 0 atom stereocenters. The van der Waals surface area contributed by atoms with Crippen molar-refractivity contribution >= 4 is 10.9 Å². The molecule has 0 bridgehead atoms. The van der Waals surface area contributed by atoms with Gasteiger partial charge in [-0.1, -0.05) is 6.07 Å². The van der Waals surface area contributed by atoms with Gasteiger partial charge in [0.05, 0.1) is 0 Å². The van der Waals surface area contributed by atoms with Crippen LogP contribution in [0.2, 0.25) is 0 Å². The maximum Gasteiger partial charge on any atom is 1.00 e. The molecule has 0 aliphatic rings. The number of fused-ring (bicyclic) bond motifs is 1. The standard InChI is InChI=1S/C9H6N.Na/c1-2-6-9-8(4-1)5-3-7-10-9;/h1-5,7H;/q-1;+1. The maximum atomic E-state index is 4.13. The van der Waals surface area contributed by atoms with E-state index >= 15 is 0 Å². The van der Waals surface area contributed by atoms with Gasteiger partial charge in [-0.05, 0) is 5.52 Å². The van der Waals surface area contributed by atoms with Gasteiger partial charge in [0.25, 0.3) is 0 Å². The van der Waals surface area contributed by atoms with Crippen molar-refractivity contribution < 1.29 is 29.6 Å². The minimum absolute atomic E-state index is 0. The van der Waals surface area contributed by atoms with Crippen LogP contribution in [0.4, 0.5) is 0 Å². The minimum Gasteiger partial charge on any atom is -0.283 e. The Bertz CT molecular complexity index is 281. The van der Waals surface area contributed by atoms with E-state index in [4.69, 9.17) is 0 Å². The average Bonchev–Trinajstić information content (AvgIpc) is 2.05. The molecule has 1 aromatic heterocycles. The Kier molecular flexibility index (Phi) is 3.06. The number of hydrogen-bond acceptors (Lipinski definition) is 1.